The number of aryl methyl sites for hydroxylation is 1. The van der Waals surface area contributed by atoms with E-state index in [-0.39, 0.29) is 11.7 Å². The quantitative estimate of drug-likeness (QED) is 0.772. The van der Waals surface area contributed by atoms with Gasteiger partial charge in [0, 0.05) is 30.1 Å². The van der Waals surface area contributed by atoms with E-state index in [1.807, 2.05) is 55.9 Å². The molecule has 0 saturated carbocycles. The molecular formula is C15H18N2O. The van der Waals surface area contributed by atoms with Gasteiger partial charge in [-0.15, -0.1) is 0 Å². The van der Waals surface area contributed by atoms with Crippen molar-refractivity contribution in [1.29, 1.82) is 0 Å². The highest BCUT2D eigenvalue weighted by Gasteiger charge is 2.11. The van der Waals surface area contributed by atoms with Crippen LogP contribution in [0.5, 0.6) is 0 Å². The van der Waals surface area contributed by atoms with E-state index >= 15 is 0 Å². The molecule has 0 unspecified atom stereocenters. The number of aromatic nitrogens is 2. The first kappa shape index (κ1) is 12.6. The lowest BCUT2D eigenvalue weighted by Crippen LogP contribution is -2.06. The van der Waals surface area contributed by atoms with Gasteiger partial charge in [0.15, 0.2) is 5.78 Å². The first-order valence-corrected chi connectivity index (χ1v) is 6.18. The molecule has 18 heavy (non-hydrogen) atoms. The van der Waals surface area contributed by atoms with Gasteiger partial charge in [-0.25, -0.2) is 0 Å². The number of carbonyl (C=O) groups excluding carboxylic acids is 1. The maximum Gasteiger partial charge on any atom is 0.166 e. The molecule has 0 radical (unpaired) electrons. The topological polar surface area (TPSA) is 34.9 Å². The Balaban J connectivity index is 2.17. The molecule has 3 heteroatoms. The largest absolute Gasteiger partial charge is 0.348 e. The Hall–Kier alpha value is -1.90. The van der Waals surface area contributed by atoms with Crippen molar-refractivity contribution < 1.29 is 4.79 Å². The summed E-state index contributed by atoms with van der Waals surface area (Å²) < 4.78 is 2.00. The van der Waals surface area contributed by atoms with E-state index in [0.717, 1.165) is 11.3 Å². The summed E-state index contributed by atoms with van der Waals surface area (Å²) in [4.78, 5) is 16.2. The lowest BCUT2D eigenvalue weighted by molar-refractivity contribution is 0.0939. The Morgan fingerprint density at radius 2 is 2.17 bits per heavy atom. The normalized spacial score (nSPS) is 10.9. The molecule has 2 aromatic rings. The van der Waals surface area contributed by atoms with Gasteiger partial charge >= 0.3 is 0 Å². The summed E-state index contributed by atoms with van der Waals surface area (Å²) in [6.07, 6.45) is 5.63. The van der Waals surface area contributed by atoms with Crippen LogP contribution in [0.4, 0.5) is 0 Å². The van der Waals surface area contributed by atoms with Crippen molar-refractivity contribution in [3.05, 3.63) is 53.6 Å². The third kappa shape index (κ3) is 2.67. The molecule has 0 amide bonds. The lowest BCUT2D eigenvalue weighted by Gasteiger charge is -2.05. The monoisotopic (exact) mass is 242 g/mol. The maximum absolute atomic E-state index is 11.8. The summed E-state index contributed by atoms with van der Waals surface area (Å²) in [6.45, 7) is 6.59. The number of hydrogen-bond donors (Lipinski definition) is 0. The summed E-state index contributed by atoms with van der Waals surface area (Å²) >= 11 is 0. The summed E-state index contributed by atoms with van der Waals surface area (Å²) in [5, 5.41) is 0. The number of carbonyl (C=O) groups is 1. The van der Waals surface area contributed by atoms with E-state index in [9.17, 15) is 4.79 Å². The van der Waals surface area contributed by atoms with Gasteiger partial charge in [-0.1, -0.05) is 19.9 Å². The Bertz CT molecular complexity index is 555. The van der Waals surface area contributed by atoms with Gasteiger partial charge < -0.3 is 4.57 Å². The van der Waals surface area contributed by atoms with Crippen molar-refractivity contribution in [2.45, 2.75) is 27.3 Å². The average molecular weight is 242 g/mol. The number of nitrogens with zero attached hydrogens (tertiary/aromatic N) is 2. The maximum atomic E-state index is 11.8. The van der Waals surface area contributed by atoms with Crippen LogP contribution in [0.2, 0.25) is 0 Å². The van der Waals surface area contributed by atoms with Crippen molar-refractivity contribution in [3.63, 3.8) is 0 Å². The minimum absolute atomic E-state index is 0.0393. The number of Topliss-reactive ketones (excluding diaryl/α,β-unsaturated/α-hetero) is 1. The van der Waals surface area contributed by atoms with Crippen molar-refractivity contribution in [2.75, 3.05) is 0 Å². The lowest BCUT2D eigenvalue weighted by atomic mass is 10.0. The third-order valence-corrected chi connectivity index (χ3v) is 3.01. The van der Waals surface area contributed by atoms with Crippen LogP contribution >= 0.6 is 0 Å². The summed E-state index contributed by atoms with van der Waals surface area (Å²) in [5.41, 5.74) is 2.98. The standard InChI is InChI=1S/C15H18N2O/c1-11(2)15(18)13-6-8-17(9-13)10-14-12(3)5-4-7-16-14/h4-9,11H,10H2,1-3H3. The van der Waals surface area contributed by atoms with E-state index in [0.29, 0.717) is 6.54 Å². The highest BCUT2D eigenvalue weighted by atomic mass is 16.1. The zero-order valence-corrected chi connectivity index (χ0v) is 11.1. The number of hydrogen-bond acceptors (Lipinski definition) is 2. The molecule has 0 fully saturated rings. The number of ketones is 1. The molecule has 0 bridgehead atoms. The molecule has 0 atom stereocenters. The van der Waals surface area contributed by atoms with Gasteiger partial charge in [0.25, 0.3) is 0 Å². The second-order valence-corrected chi connectivity index (χ2v) is 4.86. The van der Waals surface area contributed by atoms with Crippen LogP contribution in [-0.2, 0) is 6.54 Å². The second kappa shape index (κ2) is 5.17. The van der Waals surface area contributed by atoms with E-state index < -0.39 is 0 Å². The molecule has 0 aliphatic rings. The van der Waals surface area contributed by atoms with Crippen LogP contribution in [0, 0.1) is 12.8 Å². The minimum atomic E-state index is 0.0393. The first-order chi connectivity index (χ1) is 8.58. The molecule has 2 heterocycles. The van der Waals surface area contributed by atoms with Gasteiger partial charge in [0.1, 0.15) is 0 Å². The summed E-state index contributed by atoms with van der Waals surface area (Å²) in [7, 11) is 0. The summed E-state index contributed by atoms with van der Waals surface area (Å²) in [5.74, 6) is 0.226. The Morgan fingerprint density at radius 3 is 2.83 bits per heavy atom. The molecule has 0 aliphatic heterocycles. The SMILES string of the molecule is Cc1cccnc1Cn1ccc(C(=O)C(C)C)c1. The van der Waals surface area contributed by atoms with Crippen molar-refractivity contribution in [1.82, 2.24) is 9.55 Å². The van der Waals surface area contributed by atoms with Gasteiger partial charge in [0.2, 0.25) is 0 Å². The Morgan fingerprint density at radius 1 is 1.39 bits per heavy atom. The zero-order valence-electron chi connectivity index (χ0n) is 11.1. The molecule has 3 nitrogen and oxygen atoms in total. The van der Waals surface area contributed by atoms with Crippen LogP contribution in [-0.4, -0.2) is 15.3 Å². The molecule has 0 aromatic carbocycles. The molecule has 0 spiro atoms. The number of rotatable bonds is 4. The Labute approximate surface area is 107 Å². The predicted molar refractivity (Wildman–Crippen MR) is 71.7 cm³/mol. The molecule has 0 aliphatic carbocycles. The van der Waals surface area contributed by atoms with Crippen LogP contribution in [0.15, 0.2) is 36.8 Å². The van der Waals surface area contributed by atoms with Crippen LogP contribution in [0.1, 0.15) is 35.5 Å². The molecule has 2 aromatic heterocycles. The van der Waals surface area contributed by atoms with Crippen LogP contribution < -0.4 is 0 Å². The highest BCUT2D eigenvalue weighted by Crippen LogP contribution is 2.11. The second-order valence-electron chi connectivity index (χ2n) is 4.86. The van der Waals surface area contributed by atoms with Crippen molar-refractivity contribution >= 4 is 5.78 Å². The molecule has 94 valence electrons. The highest BCUT2D eigenvalue weighted by molar-refractivity contribution is 5.97. The van der Waals surface area contributed by atoms with Crippen molar-refractivity contribution in [3.8, 4) is 0 Å². The van der Waals surface area contributed by atoms with Gasteiger partial charge in [-0.2, -0.15) is 0 Å². The molecule has 2 rings (SSSR count). The smallest absolute Gasteiger partial charge is 0.166 e. The van der Waals surface area contributed by atoms with Gasteiger partial charge in [0.05, 0.1) is 12.2 Å². The predicted octanol–water partition coefficient (Wildman–Crippen LogP) is 3.08. The number of pyridine rings is 1. The fourth-order valence-electron chi connectivity index (χ4n) is 1.88. The third-order valence-electron chi connectivity index (χ3n) is 3.01. The van der Waals surface area contributed by atoms with E-state index in [2.05, 4.69) is 4.98 Å². The summed E-state index contributed by atoms with van der Waals surface area (Å²) in [6, 6.07) is 5.86. The minimum Gasteiger partial charge on any atom is -0.348 e. The Kier molecular flexibility index (Phi) is 3.60. The van der Waals surface area contributed by atoms with Crippen LogP contribution in [0.3, 0.4) is 0 Å². The average Bonchev–Trinajstić information content (AvgIpc) is 2.79. The van der Waals surface area contributed by atoms with Crippen molar-refractivity contribution in [2.24, 2.45) is 5.92 Å². The van der Waals surface area contributed by atoms with E-state index in [4.69, 9.17) is 0 Å². The molecule has 0 N–H and O–H groups in total. The van der Waals surface area contributed by atoms with Gasteiger partial charge in [-0.05, 0) is 24.6 Å². The van der Waals surface area contributed by atoms with Crippen LogP contribution in [0.25, 0.3) is 0 Å². The zero-order chi connectivity index (χ0) is 13.1. The van der Waals surface area contributed by atoms with E-state index in [1.54, 1.807) is 6.20 Å². The van der Waals surface area contributed by atoms with Gasteiger partial charge in [-0.3, -0.25) is 9.78 Å². The first-order valence-electron chi connectivity index (χ1n) is 6.18. The van der Waals surface area contributed by atoms with E-state index in [1.165, 1.54) is 5.56 Å². The molecule has 0 saturated heterocycles. The fraction of sp³-hybridized carbons (Fsp3) is 0.333. The molecular weight excluding hydrogens is 224 g/mol. The fourth-order valence-corrected chi connectivity index (χ4v) is 1.88.